The smallest absolute Gasteiger partial charge is 0.429 e. The molecule has 1 fully saturated rings. The number of rotatable bonds is 5. The molecule has 0 aliphatic carbocycles. The van der Waals surface area contributed by atoms with Gasteiger partial charge in [0.05, 0.1) is 30.8 Å². The predicted molar refractivity (Wildman–Crippen MR) is 106 cm³/mol. The molecule has 1 saturated heterocycles. The maximum absolute atomic E-state index is 14.8. The van der Waals surface area contributed by atoms with Crippen LogP contribution in [0, 0.1) is 58.0 Å². The molecular weight excluding hydrogens is 521 g/mol. The summed E-state index contributed by atoms with van der Waals surface area (Å²) >= 11 is 0. The van der Waals surface area contributed by atoms with Crippen LogP contribution in [0.5, 0.6) is 5.75 Å². The van der Waals surface area contributed by atoms with Crippen LogP contribution in [-0.4, -0.2) is 13.2 Å². The summed E-state index contributed by atoms with van der Waals surface area (Å²) in [6.07, 6.45) is -6.10. The topological polar surface area (TPSA) is 51.5 Å². The molecule has 1 aliphatic heterocycles. The van der Waals surface area contributed by atoms with Crippen molar-refractivity contribution in [3.05, 3.63) is 88.2 Å². The molecule has 1 aliphatic rings. The van der Waals surface area contributed by atoms with Crippen molar-refractivity contribution in [3.8, 4) is 22.9 Å². The Morgan fingerprint density at radius 3 is 1.76 bits per heavy atom. The molecule has 0 spiro atoms. The van der Waals surface area contributed by atoms with Crippen molar-refractivity contribution in [2.75, 3.05) is 13.2 Å². The highest BCUT2D eigenvalue weighted by Gasteiger charge is 2.42. The Morgan fingerprint density at radius 1 is 0.757 bits per heavy atom. The van der Waals surface area contributed by atoms with Gasteiger partial charge in [0.25, 0.3) is 0 Å². The average molecular weight is 533 g/mol. The molecule has 4 nitrogen and oxygen atoms in total. The van der Waals surface area contributed by atoms with Gasteiger partial charge < -0.3 is 14.2 Å². The van der Waals surface area contributed by atoms with E-state index in [9.17, 15) is 39.5 Å². The van der Waals surface area contributed by atoms with Crippen molar-refractivity contribution in [2.24, 2.45) is 5.92 Å². The van der Waals surface area contributed by atoms with Crippen molar-refractivity contribution in [1.29, 1.82) is 5.26 Å². The summed E-state index contributed by atoms with van der Waals surface area (Å²) in [5, 5.41) is 8.83. The molecule has 0 atom stereocenters. The lowest BCUT2D eigenvalue weighted by atomic mass is 9.99. The molecule has 13 heteroatoms. The summed E-state index contributed by atoms with van der Waals surface area (Å²) in [7, 11) is 0. The zero-order valence-electron chi connectivity index (χ0n) is 18.1. The second-order valence-electron chi connectivity index (χ2n) is 7.82. The average Bonchev–Trinajstić information content (AvgIpc) is 2.81. The van der Waals surface area contributed by atoms with Crippen LogP contribution < -0.4 is 4.74 Å². The van der Waals surface area contributed by atoms with E-state index in [1.807, 2.05) is 6.07 Å². The van der Waals surface area contributed by atoms with Gasteiger partial charge >= 0.3 is 6.11 Å². The van der Waals surface area contributed by atoms with Gasteiger partial charge in [-0.1, -0.05) is 0 Å². The van der Waals surface area contributed by atoms with Crippen molar-refractivity contribution in [2.45, 2.75) is 12.4 Å². The van der Waals surface area contributed by atoms with Crippen molar-refractivity contribution >= 4 is 0 Å². The minimum absolute atomic E-state index is 0.0308. The summed E-state index contributed by atoms with van der Waals surface area (Å²) in [5.41, 5.74) is -3.95. The van der Waals surface area contributed by atoms with Crippen LogP contribution in [0.25, 0.3) is 11.1 Å². The maximum atomic E-state index is 14.8. The van der Waals surface area contributed by atoms with E-state index in [1.54, 1.807) is 0 Å². The van der Waals surface area contributed by atoms with Gasteiger partial charge in [0.15, 0.2) is 23.7 Å². The monoisotopic (exact) mass is 533 g/mol. The van der Waals surface area contributed by atoms with Gasteiger partial charge in [-0.3, -0.25) is 0 Å². The Kier molecular flexibility index (Phi) is 7.07. The standard InChI is InChI=1S/C24H12F9NO3/c25-14-3-12(23-35-8-10(7-34)9-36-23)4-15(26)20(14)11-1-16(27)21(17(28)2-11)24(32,33)37-13-5-18(29)22(31)19(30)6-13/h1-6,10,23H,8-9H2. The fourth-order valence-corrected chi connectivity index (χ4v) is 3.56. The minimum atomic E-state index is -4.87. The fourth-order valence-electron chi connectivity index (χ4n) is 3.56. The molecular formula is C24H12F9NO3. The number of ether oxygens (including phenoxy) is 3. The first kappa shape index (κ1) is 26.3. The Hall–Kier alpha value is -3.76. The summed E-state index contributed by atoms with van der Waals surface area (Å²) in [6, 6.07) is 3.85. The first-order valence-electron chi connectivity index (χ1n) is 10.2. The van der Waals surface area contributed by atoms with Gasteiger partial charge in [0.1, 0.15) is 34.6 Å². The molecule has 0 radical (unpaired) electrons. The van der Waals surface area contributed by atoms with Crippen LogP contribution in [0.1, 0.15) is 17.4 Å². The van der Waals surface area contributed by atoms with E-state index >= 15 is 0 Å². The molecule has 0 saturated carbocycles. The SMILES string of the molecule is N#CC1COC(c2cc(F)c(-c3cc(F)c(C(F)(F)Oc4cc(F)c(F)c(F)c4)c(F)c3)c(F)c2)OC1. The molecule has 4 rings (SSSR count). The number of alkyl halides is 2. The first-order valence-corrected chi connectivity index (χ1v) is 10.2. The Morgan fingerprint density at radius 2 is 1.27 bits per heavy atom. The van der Waals surface area contributed by atoms with Crippen LogP contribution in [0.3, 0.4) is 0 Å². The highest BCUT2D eigenvalue weighted by Crippen LogP contribution is 2.39. The zero-order valence-corrected chi connectivity index (χ0v) is 18.1. The molecule has 0 bridgehead atoms. The van der Waals surface area contributed by atoms with Crippen molar-refractivity contribution in [3.63, 3.8) is 0 Å². The molecule has 0 amide bonds. The van der Waals surface area contributed by atoms with E-state index in [2.05, 4.69) is 4.74 Å². The quantitative estimate of drug-likeness (QED) is 0.273. The molecule has 0 unspecified atom stereocenters. The van der Waals surface area contributed by atoms with Crippen LogP contribution in [0.2, 0.25) is 0 Å². The third-order valence-electron chi connectivity index (χ3n) is 5.24. The van der Waals surface area contributed by atoms with Gasteiger partial charge in [0, 0.05) is 17.7 Å². The highest BCUT2D eigenvalue weighted by atomic mass is 19.3. The van der Waals surface area contributed by atoms with E-state index in [4.69, 9.17) is 14.7 Å². The van der Waals surface area contributed by atoms with Crippen LogP contribution in [-0.2, 0) is 15.6 Å². The lowest BCUT2D eigenvalue weighted by Crippen LogP contribution is -2.26. The largest absolute Gasteiger partial charge is 0.432 e. The van der Waals surface area contributed by atoms with Gasteiger partial charge in [-0.2, -0.15) is 14.0 Å². The Balaban J connectivity index is 1.65. The van der Waals surface area contributed by atoms with Crippen LogP contribution in [0.15, 0.2) is 36.4 Å². The second kappa shape index (κ2) is 9.95. The normalized spacial score (nSPS) is 17.9. The van der Waals surface area contributed by atoms with E-state index in [0.29, 0.717) is 0 Å². The molecule has 3 aromatic carbocycles. The van der Waals surface area contributed by atoms with E-state index < -0.39 is 81.5 Å². The number of nitrogens with zero attached hydrogens (tertiary/aromatic N) is 1. The van der Waals surface area contributed by atoms with Crippen LogP contribution >= 0.6 is 0 Å². The predicted octanol–water partition coefficient (Wildman–Crippen LogP) is 6.64. The second-order valence-corrected chi connectivity index (χ2v) is 7.82. The number of nitriles is 1. The fraction of sp³-hybridized carbons (Fsp3) is 0.208. The van der Waals surface area contributed by atoms with Gasteiger partial charge in [-0.15, -0.1) is 0 Å². The minimum Gasteiger partial charge on any atom is -0.429 e. The summed E-state index contributed by atoms with van der Waals surface area (Å²) in [5.74, 6) is -14.3. The third kappa shape index (κ3) is 5.21. The lowest BCUT2D eigenvalue weighted by Gasteiger charge is -2.26. The molecule has 0 aromatic heterocycles. The first-order chi connectivity index (χ1) is 17.4. The Bertz CT molecular complexity index is 1330. The van der Waals surface area contributed by atoms with Crippen LogP contribution in [0.4, 0.5) is 39.5 Å². The number of benzene rings is 3. The summed E-state index contributed by atoms with van der Waals surface area (Å²) in [6.45, 7) is -0.144. The molecule has 194 valence electrons. The summed E-state index contributed by atoms with van der Waals surface area (Å²) < 4.78 is 142. The number of hydrogen-bond donors (Lipinski definition) is 0. The molecule has 0 N–H and O–H groups in total. The third-order valence-corrected chi connectivity index (χ3v) is 5.24. The van der Waals surface area contributed by atoms with E-state index in [0.717, 1.165) is 12.1 Å². The zero-order chi connectivity index (χ0) is 27.1. The van der Waals surface area contributed by atoms with E-state index in [-0.39, 0.29) is 43.0 Å². The van der Waals surface area contributed by atoms with Gasteiger partial charge in [-0.25, -0.2) is 30.7 Å². The molecule has 37 heavy (non-hydrogen) atoms. The molecule has 3 aromatic rings. The maximum Gasteiger partial charge on any atom is 0.432 e. The number of hydrogen-bond acceptors (Lipinski definition) is 4. The van der Waals surface area contributed by atoms with Crippen molar-refractivity contribution < 1.29 is 53.7 Å². The van der Waals surface area contributed by atoms with E-state index in [1.165, 1.54) is 0 Å². The number of halogens is 9. The lowest BCUT2D eigenvalue weighted by molar-refractivity contribution is -0.196. The molecule has 1 heterocycles. The Labute approximate surface area is 202 Å². The van der Waals surface area contributed by atoms with Gasteiger partial charge in [0.2, 0.25) is 0 Å². The van der Waals surface area contributed by atoms with Gasteiger partial charge in [-0.05, 0) is 29.8 Å². The summed E-state index contributed by atoms with van der Waals surface area (Å²) in [4.78, 5) is 0. The van der Waals surface area contributed by atoms with Crippen molar-refractivity contribution in [1.82, 2.24) is 0 Å². The highest BCUT2D eigenvalue weighted by molar-refractivity contribution is 5.66.